The second-order valence-corrected chi connectivity index (χ2v) is 1.28. The molecule has 0 radical (unpaired) electrons. The van der Waals surface area contributed by atoms with Crippen molar-refractivity contribution >= 4 is 0 Å². The first-order valence-electron chi connectivity index (χ1n) is 2.31. The summed E-state index contributed by atoms with van der Waals surface area (Å²) in [7, 11) is 0. The first kappa shape index (κ1) is 5.78. The molecule has 0 nitrogen and oxygen atoms in total. The van der Waals surface area contributed by atoms with Crippen molar-refractivity contribution in [2.24, 2.45) is 0 Å². The first-order chi connectivity index (χ1) is 2.91. The van der Waals surface area contributed by atoms with Gasteiger partial charge in [0.2, 0.25) is 0 Å². The first-order valence-corrected chi connectivity index (χ1v) is 2.31. The fourth-order valence-electron chi connectivity index (χ4n) is 0.265. The average Bonchev–Trinajstić information content (AvgIpc) is 1.61. The summed E-state index contributed by atoms with van der Waals surface area (Å²) in [6, 6.07) is 0. The van der Waals surface area contributed by atoms with Crippen LogP contribution < -0.4 is 0 Å². The van der Waals surface area contributed by atoms with Gasteiger partial charge in [0, 0.05) is 0 Å². The Morgan fingerprint density at radius 1 is 1.67 bits per heavy atom. The van der Waals surface area contributed by atoms with E-state index in [9.17, 15) is 0 Å². The molecule has 0 unspecified atom stereocenters. The monoisotopic (exact) mass is 81.1 g/mol. The summed E-state index contributed by atoms with van der Waals surface area (Å²) >= 11 is 0. The van der Waals surface area contributed by atoms with Crippen LogP contribution in [-0.2, 0) is 0 Å². The molecule has 0 heterocycles. The number of rotatable bonds is 2. The van der Waals surface area contributed by atoms with Gasteiger partial charge in [-0.15, -0.1) is 0 Å². The predicted octanol–water partition coefficient (Wildman–Crippen LogP) is 1.77. The molecule has 0 saturated heterocycles. The van der Waals surface area contributed by atoms with E-state index in [1.165, 1.54) is 6.42 Å². The molecule has 0 heteroatoms. The molecule has 0 aliphatic rings. The molecule has 0 aromatic rings. The Bertz CT molecular complexity index is 47.5. The average molecular weight is 81.1 g/mol. The van der Waals surface area contributed by atoms with E-state index in [2.05, 4.69) is 12.8 Å². The van der Waals surface area contributed by atoms with Crippen LogP contribution in [0.1, 0.15) is 26.2 Å². The molecule has 0 fully saturated rings. The van der Waals surface area contributed by atoms with Crippen molar-refractivity contribution in [3.05, 3.63) is 6.42 Å². The molecule has 0 aromatic heterocycles. The molecule has 0 amide bonds. The third kappa shape index (κ3) is 3.78. The van der Waals surface area contributed by atoms with Gasteiger partial charge < -0.3 is 0 Å². The third-order valence-electron chi connectivity index (χ3n) is 0.655. The molecule has 0 spiro atoms. The molecule has 0 atom stereocenters. The number of unbranched alkanes of at least 4 members (excludes halogenated alkanes) is 2. The van der Waals surface area contributed by atoms with E-state index in [0.717, 1.165) is 12.8 Å². The molecule has 0 rings (SSSR count). The zero-order valence-electron chi connectivity index (χ0n) is 4.12. The standard InChI is InChI=1S/C6H9/c1-3-5-6-4-2/h3,5-6H2,1H3/q+1. The van der Waals surface area contributed by atoms with E-state index in [-0.39, 0.29) is 0 Å². The summed E-state index contributed by atoms with van der Waals surface area (Å²) in [6.45, 7) is 2.11. The minimum absolute atomic E-state index is 0.830. The van der Waals surface area contributed by atoms with Crippen LogP contribution in [0.2, 0.25) is 0 Å². The van der Waals surface area contributed by atoms with E-state index in [1.54, 1.807) is 0 Å². The third-order valence-corrected chi connectivity index (χ3v) is 0.655. The van der Waals surface area contributed by atoms with E-state index in [1.807, 2.05) is 0 Å². The zero-order chi connectivity index (χ0) is 4.83. The summed E-state index contributed by atoms with van der Waals surface area (Å²) in [6.07, 6.45) is 9.57. The van der Waals surface area contributed by atoms with Gasteiger partial charge in [0.25, 0.3) is 0 Å². The normalized spacial score (nSPS) is 7.83. The molecule has 0 aliphatic heterocycles. The van der Waals surface area contributed by atoms with Crippen LogP contribution in [0.5, 0.6) is 0 Å². The molecule has 6 heavy (non-hydrogen) atoms. The fraction of sp³-hybridized carbons (Fsp3) is 0.667. The summed E-state index contributed by atoms with van der Waals surface area (Å²) in [5.74, 6) is 2.32. The van der Waals surface area contributed by atoms with Gasteiger partial charge in [0.05, 0.1) is 0 Å². The van der Waals surface area contributed by atoms with E-state index >= 15 is 0 Å². The number of hydrogen-bond acceptors (Lipinski definition) is 0. The Kier molecular flexibility index (Phi) is 4.60. The van der Waals surface area contributed by atoms with Crippen LogP contribution in [0.4, 0.5) is 0 Å². The van der Waals surface area contributed by atoms with Crippen molar-refractivity contribution in [2.75, 3.05) is 0 Å². The SMILES string of the molecule is [C+]#CCCCC. The van der Waals surface area contributed by atoms with E-state index in [0.29, 0.717) is 0 Å². The second kappa shape index (κ2) is 4.78. The predicted molar refractivity (Wildman–Crippen MR) is 26.7 cm³/mol. The maximum atomic E-state index is 6.46. The Morgan fingerprint density at radius 2 is 2.33 bits per heavy atom. The molecular weight excluding hydrogens is 72.1 g/mol. The van der Waals surface area contributed by atoms with Gasteiger partial charge >= 0.3 is 38.5 Å². The Morgan fingerprint density at radius 3 is 2.50 bits per heavy atom. The van der Waals surface area contributed by atoms with E-state index in [4.69, 9.17) is 6.42 Å². The van der Waals surface area contributed by atoms with E-state index < -0.39 is 0 Å². The fourth-order valence-corrected chi connectivity index (χ4v) is 0.265. The van der Waals surface area contributed by atoms with Gasteiger partial charge in [-0.05, 0) is 0 Å². The Labute approximate surface area is 39.6 Å². The second-order valence-electron chi connectivity index (χ2n) is 1.28. The van der Waals surface area contributed by atoms with Crippen LogP contribution >= 0.6 is 0 Å². The van der Waals surface area contributed by atoms with Gasteiger partial charge in [-0.3, -0.25) is 0 Å². The van der Waals surface area contributed by atoms with Crippen LogP contribution in [0, 0.1) is 12.3 Å². The Hall–Kier alpha value is -0.220. The van der Waals surface area contributed by atoms with Gasteiger partial charge in [-0.25, -0.2) is 0 Å². The summed E-state index contributed by atoms with van der Waals surface area (Å²) in [5.41, 5.74) is 0. The van der Waals surface area contributed by atoms with Crippen molar-refractivity contribution in [3.8, 4) is 5.92 Å². The van der Waals surface area contributed by atoms with Crippen LogP contribution in [0.15, 0.2) is 0 Å². The summed E-state index contributed by atoms with van der Waals surface area (Å²) in [4.78, 5) is 0. The molecule has 0 bridgehead atoms. The van der Waals surface area contributed by atoms with Crippen molar-refractivity contribution in [1.82, 2.24) is 0 Å². The molecular formula is C6H9+. The van der Waals surface area contributed by atoms with Crippen molar-refractivity contribution in [1.29, 1.82) is 0 Å². The van der Waals surface area contributed by atoms with Gasteiger partial charge in [0.15, 0.2) is 0 Å². The van der Waals surface area contributed by atoms with Crippen molar-refractivity contribution in [3.63, 3.8) is 0 Å². The van der Waals surface area contributed by atoms with Crippen molar-refractivity contribution in [2.45, 2.75) is 26.2 Å². The Balaban J connectivity index is 2.54. The molecule has 0 N–H and O–H groups in total. The van der Waals surface area contributed by atoms with Gasteiger partial charge in [0.1, 0.15) is 0 Å². The van der Waals surface area contributed by atoms with Crippen LogP contribution in [0.25, 0.3) is 0 Å². The quantitative estimate of drug-likeness (QED) is 0.270. The zero-order valence-corrected chi connectivity index (χ0v) is 4.12. The molecule has 32 valence electrons. The van der Waals surface area contributed by atoms with Crippen LogP contribution in [-0.4, -0.2) is 0 Å². The van der Waals surface area contributed by atoms with Gasteiger partial charge in [-0.1, -0.05) is 0 Å². The van der Waals surface area contributed by atoms with Crippen molar-refractivity contribution < 1.29 is 0 Å². The molecule has 0 aromatic carbocycles. The molecule has 0 aliphatic carbocycles. The summed E-state index contributed by atoms with van der Waals surface area (Å²) in [5, 5.41) is 0. The maximum absolute atomic E-state index is 6.46. The topological polar surface area (TPSA) is 0 Å². The van der Waals surface area contributed by atoms with Crippen LogP contribution in [0.3, 0.4) is 0 Å². The minimum atomic E-state index is 0.830. The number of hydrogen-bond donors (Lipinski definition) is 0. The molecule has 0 saturated carbocycles. The summed E-state index contributed by atoms with van der Waals surface area (Å²) < 4.78 is 0. The van der Waals surface area contributed by atoms with Gasteiger partial charge in [-0.2, -0.15) is 0 Å².